The first-order valence-corrected chi connectivity index (χ1v) is 11.2. The summed E-state index contributed by atoms with van der Waals surface area (Å²) in [4.78, 5) is 19.0. The first-order chi connectivity index (χ1) is 15.3. The molecule has 0 aliphatic carbocycles. The molecule has 168 valence electrons. The van der Waals surface area contributed by atoms with Crippen molar-refractivity contribution in [1.82, 2.24) is 15.0 Å². The smallest absolute Gasteiger partial charge is 0.260 e. The van der Waals surface area contributed by atoms with Crippen molar-refractivity contribution in [3.8, 4) is 5.75 Å². The average molecular weight is 430 g/mol. The second kappa shape index (κ2) is 11.2. The fourth-order valence-corrected chi connectivity index (χ4v) is 4.02. The van der Waals surface area contributed by atoms with Crippen LogP contribution in [0.5, 0.6) is 5.75 Å². The minimum Gasteiger partial charge on any atom is -0.484 e. The summed E-state index contributed by atoms with van der Waals surface area (Å²) in [5.41, 5.74) is 0. The molecule has 2 saturated heterocycles. The zero-order valence-electron chi connectivity index (χ0n) is 17.9. The lowest BCUT2D eigenvalue weighted by Gasteiger charge is -2.30. The van der Waals surface area contributed by atoms with E-state index in [4.69, 9.17) is 18.7 Å². The van der Waals surface area contributed by atoms with E-state index in [2.05, 4.69) is 10.1 Å². The number of hydrogen-bond donors (Lipinski definition) is 0. The minimum absolute atomic E-state index is 0.0187. The molecule has 2 aliphatic rings. The van der Waals surface area contributed by atoms with E-state index in [1.54, 1.807) is 0 Å². The molecule has 2 aliphatic heterocycles. The van der Waals surface area contributed by atoms with Crippen LogP contribution < -0.4 is 4.74 Å². The van der Waals surface area contributed by atoms with Gasteiger partial charge >= 0.3 is 0 Å². The van der Waals surface area contributed by atoms with Gasteiger partial charge in [0.2, 0.25) is 5.89 Å². The van der Waals surface area contributed by atoms with Gasteiger partial charge in [-0.1, -0.05) is 23.4 Å². The third-order valence-corrected chi connectivity index (χ3v) is 5.88. The fourth-order valence-electron chi connectivity index (χ4n) is 4.02. The summed E-state index contributed by atoms with van der Waals surface area (Å²) in [7, 11) is 0. The van der Waals surface area contributed by atoms with Crippen molar-refractivity contribution in [3.05, 3.63) is 42.0 Å². The summed E-state index contributed by atoms with van der Waals surface area (Å²) in [6.45, 7) is 4.37. The number of likely N-dealkylation sites (tertiary alicyclic amines) is 1. The highest BCUT2D eigenvalue weighted by Gasteiger charge is 2.28. The van der Waals surface area contributed by atoms with E-state index < -0.39 is 0 Å². The third kappa shape index (κ3) is 6.51. The van der Waals surface area contributed by atoms with Crippen molar-refractivity contribution in [1.29, 1.82) is 0 Å². The summed E-state index contributed by atoms with van der Waals surface area (Å²) in [5.74, 6) is 2.61. The normalized spacial score (nSPS) is 20.0. The van der Waals surface area contributed by atoms with E-state index in [1.807, 2.05) is 35.2 Å². The third-order valence-electron chi connectivity index (χ3n) is 5.88. The molecule has 1 aromatic carbocycles. The molecule has 31 heavy (non-hydrogen) atoms. The van der Waals surface area contributed by atoms with Crippen molar-refractivity contribution in [2.24, 2.45) is 5.92 Å². The van der Waals surface area contributed by atoms with Gasteiger partial charge in [0.25, 0.3) is 5.91 Å². The van der Waals surface area contributed by atoms with Gasteiger partial charge in [-0.25, -0.2) is 0 Å². The predicted molar refractivity (Wildman–Crippen MR) is 113 cm³/mol. The fraction of sp³-hybridized carbons (Fsp3) is 0.609. The van der Waals surface area contributed by atoms with E-state index >= 15 is 0 Å². The summed E-state index contributed by atoms with van der Waals surface area (Å²) < 4.78 is 22.3. The molecule has 3 heterocycles. The Morgan fingerprint density at radius 1 is 1.16 bits per heavy atom. The zero-order chi connectivity index (χ0) is 21.3. The van der Waals surface area contributed by atoms with Crippen molar-refractivity contribution >= 4 is 5.91 Å². The lowest BCUT2D eigenvalue weighted by atomic mass is 9.98. The lowest BCUT2D eigenvalue weighted by molar-refractivity contribution is -0.134. The molecular weight excluding hydrogens is 398 g/mol. The quantitative estimate of drug-likeness (QED) is 0.567. The van der Waals surface area contributed by atoms with Gasteiger partial charge in [0.05, 0.1) is 12.5 Å². The van der Waals surface area contributed by atoms with E-state index in [-0.39, 0.29) is 18.4 Å². The van der Waals surface area contributed by atoms with E-state index in [9.17, 15) is 4.79 Å². The maximum atomic E-state index is 12.6. The maximum Gasteiger partial charge on any atom is 0.260 e. The predicted octanol–water partition coefficient (Wildman–Crippen LogP) is 2.84. The Morgan fingerprint density at radius 2 is 2.00 bits per heavy atom. The van der Waals surface area contributed by atoms with Gasteiger partial charge in [0.15, 0.2) is 12.4 Å². The summed E-state index contributed by atoms with van der Waals surface area (Å²) >= 11 is 0. The number of rotatable bonds is 9. The van der Waals surface area contributed by atoms with Gasteiger partial charge in [0, 0.05) is 39.3 Å². The SMILES string of the molecule is O=C(COc1ccccc1)N1CCCC(c2nc(CCOCC3CCOCC3)no2)C1. The van der Waals surface area contributed by atoms with Crippen LogP contribution in [0.15, 0.2) is 34.9 Å². The maximum absolute atomic E-state index is 12.6. The summed E-state index contributed by atoms with van der Waals surface area (Å²) in [6, 6.07) is 9.39. The lowest BCUT2D eigenvalue weighted by Crippen LogP contribution is -2.41. The van der Waals surface area contributed by atoms with Gasteiger partial charge in [-0.2, -0.15) is 4.98 Å². The van der Waals surface area contributed by atoms with Gasteiger partial charge < -0.3 is 23.6 Å². The Bertz CT molecular complexity index is 807. The van der Waals surface area contributed by atoms with Crippen LogP contribution in [-0.4, -0.2) is 67.1 Å². The number of carbonyl (C=O) groups excluding carboxylic acids is 1. The van der Waals surface area contributed by atoms with E-state index in [0.717, 1.165) is 52.0 Å². The first-order valence-electron chi connectivity index (χ1n) is 11.2. The number of aromatic nitrogens is 2. The number of nitrogens with zero attached hydrogens (tertiary/aromatic N) is 3. The van der Waals surface area contributed by atoms with Gasteiger partial charge in [0.1, 0.15) is 5.75 Å². The highest BCUT2D eigenvalue weighted by atomic mass is 16.5. The first kappa shape index (κ1) is 21.8. The van der Waals surface area contributed by atoms with Gasteiger partial charge in [-0.15, -0.1) is 0 Å². The Morgan fingerprint density at radius 3 is 2.84 bits per heavy atom. The molecule has 0 spiro atoms. The van der Waals surface area contributed by atoms with Crippen molar-refractivity contribution in [2.75, 3.05) is 46.1 Å². The summed E-state index contributed by atoms with van der Waals surface area (Å²) in [5, 5.41) is 4.11. The molecular formula is C23H31N3O5. The minimum atomic E-state index is -0.0187. The van der Waals surface area contributed by atoms with Crippen molar-refractivity contribution in [2.45, 2.75) is 38.0 Å². The number of benzene rings is 1. The molecule has 0 N–H and O–H groups in total. The highest BCUT2D eigenvalue weighted by molar-refractivity contribution is 5.78. The highest BCUT2D eigenvalue weighted by Crippen LogP contribution is 2.26. The number of amides is 1. The van der Waals surface area contributed by atoms with Crippen LogP contribution in [0.25, 0.3) is 0 Å². The van der Waals surface area contributed by atoms with Crippen LogP contribution >= 0.6 is 0 Å². The van der Waals surface area contributed by atoms with Crippen molar-refractivity contribution in [3.63, 3.8) is 0 Å². The molecule has 8 nitrogen and oxygen atoms in total. The number of carbonyl (C=O) groups is 1. The summed E-state index contributed by atoms with van der Waals surface area (Å²) in [6.07, 6.45) is 4.62. The Balaban J connectivity index is 1.20. The number of para-hydroxylation sites is 1. The average Bonchev–Trinajstić information content (AvgIpc) is 3.31. The Hall–Kier alpha value is -2.45. The molecule has 0 bridgehead atoms. The number of ether oxygens (including phenoxy) is 3. The second-order valence-corrected chi connectivity index (χ2v) is 8.21. The van der Waals surface area contributed by atoms with E-state index in [1.165, 1.54) is 0 Å². The van der Waals surface area contributed by atoms with Crippen LogP contribution in [-0.2, 0) is 20.7 Å². The second-order valence-electron chi connectivity index (χ2n) is 8.21. The molecule has 1 unspecified atom stereocenters. The molecule has 4 rings (SSSR count). The molecule has 0 saturated carbocycles. The van der Waals surface area contributed by atoms with Crippen LogP contribution in [0.2, 0.25) is 0 Å². The number of hydrogen-bond acceptors (Lipinski definition) is 7. The molecule has 1 amide bonds. The topological polar surface area (TPSA) is 86.9 Å². The number of piperidine rings is 1. The Labute approximate surface area is 182 Å². The molecule has 2 aromatic rings. The van der Waals surface area contributed by atoms with Crippen LogP contribution in [0.1, 0.15) is 43.3 Å². The van der Waals surface area contributed by atoms with Crippen LogP contribution in [0, 0.1) is 5.92 Å². The molecule has 2 fully saturated rings. The van der Waals surface area contributed by atoms with Crippen LogP contribution in [0.4, 0.5) is 0 Å². The molecule has 8 heteroatoms. The Kier molecular flexibility index (Phi) is 7.90. The monoisotopic (exact) mass is 429 g/mol. The zero-order valence-corrected chi connectivity index (χ0v) is 17.9. The van der Waals surface area contributed by atoms with Crippen molar-refractivity contribution < 1.29 is 23.5 Å². The molecule has 1 aromatic heterocycles. The van der Waals surface area contributed by atoms with Gasteiger partial charge in [-0.05, 0) is 43.7 Å². The largest absolute Gasteiger partial charge is 0.484 e. The van der Waals surface area contributed by atoms with Gasteiger partial charge in [-0.3, -0.25) is 4.79 Å². The van der Waals surface area contributed by atoms with Crippen LogP contribution in [0.3, 0.4) is 0 Å². The molecule has 0 radical (unpaired) electrons. The standard InChI is InChI=1S/C23H31N3O5/c27-22(17-30-20-6-2-1-3-7-20)26-11-4-5-19(15-26)23-24-21(25-31-23)10-14-29-16-18-8-12-28-13-9-18/h1-3,6-7,18-19H,4-5,8-17H2. The van der Waals surface area contributed by atoms with E-state index in [0.29, 0.717) is 43.0 Å². The molecule has 1 atom stereocenters.